The number of nitrogens with two attached hydrogens (primary N) is 1. The Morgan fingerprint density at radius 1 is 1.30 bits per heavy atom. The lowest BCUT2D eigenvalue weighted by atomic mass is 10.1. The number of rotatable bonds is 1. The number of nitrogens with zero attached hydrogens (tertiary/aromatic N) is 3. The molecule has 0 bridgehead atoms. The second kappa shape index (κ2) is 6.90. The third kappa shape index (κ3) is 4.08. The highest BCUT2D eigenvalue weighted by Crippen LogP contribution is 2.33. The van der Waals surface area contributed by atoms with E-state index in [1.54, 1.807) is 6.20 Å². The normalized spacial score (nSPS) is 14.9. The Morgan fingerprint density at radius 3 is 2.50 bits per heavy atom. The van der Waals surface area contributed by atoms with Crippen LogP contribution in [0.4, 0.5) is 5.82 Å². The second-order valence-corrected chi connectivity index (χ2v) is 5.54. The number of halogens is 2. The molecule has 1 aliphatic carbocycles. The maximum atomic E-state index is 5.58. The fraction of sp³-hybridized carbons (Fsp3) is 0.462. The van der Waals surface area contributed by atoms with Crippen molar-refractivity contribution in [1.29, 1.82) is 0 Å². The van der Waals surface area contributed by atoms with Gasteiger partial charge in [-0.15, -0.1) is 0 Å². The number of hydrogen-bond acceptors (Lipinski definition) is 4. The minimum atomic E-state index is 0.186. The predicted octanol–water partition coefficient (Wildman–Crippen LogP) is 3.74. The monoisotopic (exact) mass is 313 g/mol. The van der Waals surface area contributed by atoms with E-state index in [0.717, 1.165) is 5.56 Å². The van der Waals surface area contributed by atoms with Crippen LogP contribution in [0.15, 0.2) is 12.3 Å². The van der Waals surface area contributed by atoms with Crippen molar-refractivity contribution in [3.8, 4) is 0 Å². The fourth-order valence-corrected chi connectivity index (χ4v) is 2.51. The molecule has 3 rings (SSSR count). The molecule has 2 heterocycles. The van der Waals surface area contributed by atoms with Crippen LogP contribution in [0.2, 0.25) is 10.4 Å². The maximum Gasteiger partial charge on any atom is 0.223 e. The van der Waals surface area contributed by atoms with Gasteiger partial charge in [0, 0.05) is 29.4 Å². The largest absolute Gasteiger partial charge is 0.382 e. The second-order valence-electron chi connectivity index (χ2n) is 4.84. The molecule has 0 atom stereocenters. The van der Waals surface area contributed by atoms with Gasteiger partial charge in [0.05, 0.1) is 0 Å². The van der Waals surface area contributed by atoms with Crippen LogP contribution in [0.5, 0.6) is 0 Å². The van der Waals surface area contributed by atoms with Crippen molar-refractivity contribution in [3.05, 3.63) is 34.0 Å². The summed E-state index contributed by atoms with van der Waals surface area (Å²) >= 11 is 11.0. The molecule has 3 N–H and O–H groups in total. The first kappa shape index (κ1) is 15.1. The van der Waals surface area contributed by atoms with E-state index in [0.29, 0.717) is 16.9 Å². The van der Waals surface area contributed by atoms with Crippen molar-refractivity contribution in [2.75, 3.05) is 5.73 Å². The van der Waals surface area contributed by atoms with Gasteiger partial charge >= 0.3 is 0 Å². The first-order chi connectivity index (χ1) is 9.56. The van der Waals surface area contributed by atoms with Gasteiger partial charge in [0.25, 0.3) is 0 Å². The molecule has 0 aromatic carbocycles. The van der Waals surface area contributed by atoms with Crippen molar-refractivity contribution in [2.45, 2.75) is 38.5 Å². The molecule has 1 saturated carbocycles. The summed E-state index contributed by atoms with van der Waals surface area (Å²) in [6.45, 7) is 1.82. The van der Waals surface area contributed by atoms with Crippen molar-refractivity contribution in [2.24, 2.45) is 0 Å². The van der Waals surface area contributed by atoms with Crippen molar-refractivity contribution in [3.63, 3.8) is 0 Å². The topological polar surface area (TPSA) is 80.5 Å². The third-order valence-corrected chi connectivity index (χ3v) is 3.86. The maximum absolute atomic E-state index is 5.58. The Morgan fingerprint density at radius 2 is 2.00 bits per heavy atom. The standard InChI is InChI=1S/C8H13N3.C5H4Cl2N2/c9-8-5-7(10-11-8)6-3-1-2-4-6;1-3-2-8-5(7)9-4(3)6/h5-6H,1-4H2,(H3,9,10,11);2H,1H3. The van der Waals surface area contributed by atoms with Gasteiger partial charge in [0.1, 0.15) is 11.0 Å². The van der Waals surface area contributed by atoms with Gasteiger partial charge in [-0.25, -0.2) is 9.97 Å². The molecule has 108 valence electrons. The molecular formula is C13H17Cl2N5. The summed E-state index contributed by atoms with van der Waals surface area (Å²) in [6, 6.07) is 1.95. The lowest BCUT2D eigenvalue weighted by Crippen LogP contribution is -1.91. The number of aryl methyl sites for hydroxylation is 1. The molecule has 2 aromatic heterocycles. The van der Waals surface area contributed by atoms with Crippen LogP contribution >= 0.6 is 23.2 Å². The van der Waals surface area contributed by atoms with E-state index in [4.69, 9.17) is 28.9 Å². The smallest absolute Gasteiger partial charge is 0.223 e. The van der Waals surface area contributed by atoms with Gasteiger partial charge in [-0.1, -0.05) is 24.4 Å². The molecule has 1 fully saturated rings. The van der Waals surface area contributed by atoms with Crippen LogP contribution in [0.25, 0.3) is 0 Å². The Hall–Kier alpha value is -1.33. The number of aromatic amines is 1. The van der Waals surface area contributed by atoms with Gasteiger partial charge < -0.3 is 5.73 Å². The summed E-state index contributed by atoms with van der Waals surface area (Å²) in [7, 11) is 0. The van der Waals surface area contributed by atoms with Gasteiger partial charge in [-0.05, 0) is 31.4 Å². The summed E-state index contributed by atoms with van der Waals surface area (Å²) in [6.07, 6.45) is 6.87. The molecule has 2 aromatic rings. The summed E-state index contributed by atoms with van der Waals surface area (Å²) in [5.74, 6) is 1.31. The molecule has 0 unspecified atom stereocenters. The quantitative estimate of drug-likeness (QED) is 0.620. The summed E-state index contributed by atoms with van der Waals surface area (Å²) in [5.41, 5.74) is 7.56. The number of nitrogens with one attached hydrogen (secondary N) is 1. The van der Waals surface area contributed by atoms with Crippen LogP contribution < -0.4 is 5.73 Å². The fourth-order valence-electron chi connectivity index (χ4n) is 2.20. The lowest BCUT2D eigenvalue weighted by molar-refractivity contribution is 0.693. The number of anilines is 1. The zero-order valence-electron chi connectivity index (χ0n) is 11.2. The zero-order chi connectivity index (χ0) is 14.5. The minimum Gasteiger partial charge on any atom is -0.382 e. The van der Waals surface area contributed by atoms with Crippen LogP contribution in [-0.2, 0) is 0 Å². The van der Waals surface area contributed by atoms with Gasteiger partial charge in [-0.2, -0.15) is 5.10 Å². The first-order valence-electron chi connectivity index (χ1n) is 6.51. The van der Waals surface area contributed by atoms with Gasteiger partial charge in [0.15, 0.2) is 0 Å². The van der Waals surface area contributed by atoms with Crippen molar-refractivity contribution < 1.29 is 0 Å². The molecule has 7 heteroatoms. The van der Waals surface area contributed by atoms with E-state index in [-0.39, 0.29) is 5.28 Å². The highest BCUT2D eigenvalue weighted by atomic mass is 35.5. The van der Waals surface area contributed by atoms with E-state index in [2.05, 4.69) is 20.2 Å². The van der Waals surface area contributed by atoms with E-state index in [1.165, 1.54) is 31.4 Å². The average molecular weight is 314 g/mol. The minimum absolute atomic E-state index is 0.186. The highest BCUT2D eigenvalue weighted by Gasteiger charge is 2.18. The van der Waals surface area contributed by atoms with E-state index in [9.17, 15) is 0 Å². The Bertz CT molecular complexity index is 564. The number of hydrogen-bond donors (Lipinski definition) is 2. The number of H-pyrrole nitrogens is 1. The van der Waals surface area contributed by atoms with E-state index < -0.39 is 0 Å². The molecule has 0 amide bonds. The number of nitrogen functional groups attached to an aromatic ring is 1. The summed E-state index contributed by atoms with van der Waals surface area (Å²) in [5, 5.41) is 7.48. The Balaban J connectivity index is 0.000000151. The summed E-state index contributed by atoms with van der Waals surface area (Å²) in [4.78, 5) is 7.40. The molecule has 0 radical (unpaired) electrons. The highest BCUT2D eigenvalue weighted by molar-refractivity contribution is 6.32. The van der Waals surface area contributed by atoms with Crippen LogP contribution in [0.1, 0.15) is 42.9 Å². The van der Waals surface area contributed by atoms with Crippen LogP contribution in [0.3, 0.4) is 0 Å². The van der Waals surface area contributed by atoms with E-state index in [1.807, 2.05) is 13.0 Å². The molecule has 0 spiro atoms. The first-order valence-corrected chi connectivity index (χ1v) is 7.27. The van der Waals surface area contributed by atoms with Crippen molar-refractivity contribution in [1.82, 2.24) is 20.2 Å². The van der Waals surface area contributed by atoms with Gasteiger partial charge in [0.2, 0.25) is 5.28 Å². The summed E-state index contributed by atoms with van der Waals surface area (Å²) < 4.78 is 0. The van der Waals surface area contributed by atoms with Crippen LogP contribution in [-0.4, -0.2) is 20.2 Å². The zero-order valence-corrected chi connectivity index (χ0v) is 12.7. The molecular weight excluding hydrogens is 297 g/mol. The molecule has 5 nitrogen and oxygen atoms in total. The Labute approximate surface area is 127 Å². The average Bonchev–Trinajstić information content (AvgIpc) is 3.05. The van der Waals surface area contributed by atoms with Gasteiger partial charge in [-0.3, -0.25) is 5.10 Å². The Kier molecular flexibility index (Phi) is 5.20. The third-order valence-electron chi connectivity index (χ3n) is 3.29. The molecule has 0 aliphatic heterocycles. The van der Waals surface area contributed by atoms with E-state index >= 15 is 0 Å². The molecule has 20 heavy (non-hydrogen) atoms. The predicted molar refractivity (Wildman–Crippen MR) is 81.0 cm³/mol. The molecule has 0 saturated heterocycles. The number of aromatic nitrogens is 4. The molecule has 1 aliphatic rings. The SMILES string of the molecule is Cc1cnc(Cl)nc1Cl.Nc1cc(C2CCCC2)[nH]n1. The van der Waals surface area contributed by atoms with Crippen LogP contribution in [0, 0.1) is 6.92 Å². The lowest BCUT2D eigenvalue weighted by Gasteiger charge is -2.02. The van der Waals surface area contributed by atoms with Crippen molar-refractivity contribution >= 4 is 29.0 Å².